The molecule has 0 aliphatic heterocycles. The number of allylic oxidation sites excluding steroid dienone is 4. The highest BCUT2D eigenvalue weighted by Crippen LogP contribution is 2.29. The van der Waals surface area contributed by atoms with Crippen LogP contribution in [0.15, 0.2) is 77.2 Å². The summed E-state index contributed by atoms with van der Waals surface area (Å²) in [5.74, 6) is 0.360. The Labute approximate surface area is 193 Å². The van der Waals surface area contributed by atoms with Crippen LogP contribution >= 0.6 is 0 Å². The molecule has 2 rings (SSSR count). The lowest BCUT2D eigenvalue weighted by molar-refractivity contribution is 0.444. The van der Waals surface area contributed by atoms with Gasteiger partial charge in [-0.15, -0.1) is 0 Å². The minimum absolute atomic E-state index is 0.0649. The van der Waals surface area contributed by atoms with Crippen molar-refractivity contribution in [1.29, 1.82) is 0 Å². The second-order valence-electron chi connectivity index (χ2n) is 8.88. The Morgan fingerprint density at radius 1 is 1.22 bits per heavy atom. The first-order valence-corrected chi connectivity index (χ1v) is 11.7. The van der Waals surface area contributed by atoms with Gasteiger partial charge in [-0.3, -0.25) is 9.98 Å². The molecule has 0 radical (unpaired) electrons. The molecule has 4 heteroatoms. The van der Waals surface area contributed by atoms with Gasteiger partial charge in [0.15, 0.2) is 0 Å². The van der Waals surface area contributed by atoms with Gasteiger partial charge < -0.3 is 5.32 Å². The molecular formula is C28H38FN3. The lowest BCUT2D eigenvalue weighted by atomic mass is 9.87. The predicted molar refractivity (Wildman–Crippen MR) is 137 cm³/mol. The Morgan fingerprint density at radius 2 is 1.97 bits per heavy atom. The van der Waals surface area contributed by atoms with E-state index in [1.807, 2.05) is 30.5 Å². The molecule has 0 saturated heterocycles. The molecule has 0 spiro atoms. The summed E-state index contributed by atoms with van der Waals surface area (Å²) >= 11 is 0. The predicted octanol–water partition coefficient (Wildman–Crippen LogP) is 7.43. The number of aryl methyl sites for hydroxylation is 1. The first-order chi connectivity index (χ1) is 15.4. The van der Waals surface area contributed by atoms with Crippen molar-refractivity contribution in [2.75, 3.05) is 0 Å². The molecule has 1 aliphatic carbocycles. The lowest BCUT2D eigenvalue weighted by Gasteiger charge is -2.21. The SMILES string of the molecule is C=CN\C=C/C(=C\C(CC(C)C)c1ccc(C)c(F)c1)C(/C=C\N=C)=N\C1CCCCC1. The summed E-state index contributed by atoms with van der Waals surface area (Å²) < 4.78 is 14.4. The highest BCUT2D eigenvalue weighted by Gasteiger charge is 2.17. The fourth-order valence-corrected chi connectivity index (χ4v) is 4.04. The second-order valence-corrected chi connectivity index (χ2v) is 8.88. The number of benzene rings is 1. The van der Waals surface area contributed by atoms with Crippen LogP contribution in [-0.2, 0) is 0 Å². The van der Waals surface area contributed by atoms with Crippen LogP contribution in [0.1, 0.15) is 69.4 Å². The van der Waals surface area contributed by atoms with Gasteiger partial charge in [0.1, 0.15) is 5.82 Å². The molecule has 1 aliphatic rings. The van der Waals surface area contributed by atoms with Gasteiger partial charge in [-0.05, 0) is 79.9 Å². The molecule has 1 aromatic carbocycles. The van der Waals surface area contributed by atoms with Gasteiger partial charge in [-0.25, -0.2) is 4.39 Å². The van der Waals surface area contributed by atoms with Crippen LogP contribution in [-0.4, -0.2) is 18.5 Å². The summed E-state index contributed by atoms with van der Waals surface area (Å²) in [6.45, 7) is 13.5. The van der Waals surface area contributed by atoms with E-state index >= 15 is 0 Å². The molecule has 3 nitrogen and oxygen atoms in total. The van der Waals surface area contributed by atoms with E-state index in [1.54, 1.807) is 25.4 Å². The van der Waals surface area contributed by atoms with Crippen LogP contribution in [0.3, 0.4) is 0 Å². The van der Waals surface area contributed by atoms with E-state index in [9.17, 15) is 4.39 Å². The number of halogens is 1. The monoisotopic (exact) mass is 435 g/mol. The zero-order valence-corrected chi connectivity index (χ0v) is 19.9. The van der Waals surface area contributed by atoms with Crippen molar-refractivity contribution in [3.8, 4) is 0 Å². The van der Waals surface area contributed by atoms with Crippen molar-refractivity contribution in [1.82, 2.24) is 5.32 Å². The number of hydrogen-bond acceptors (Lipinski definition) is 3. The molecule has 0 amide bonds. The third-order valence-corrected chi connectivity index (χ3v) is 5.74. The van der Waals surface area contributed by atoms with Gasteiger partial charge in [0.2, 0.25) is 0 Å². The number of hydrogen-bond donors (Lipinski definition) is 1. The van der Waals surface area contributed by atoms with Crippen LogP contribution in [0.2, 0.25) is 0 Å². The molecule has 172 valence electrons. The number of nitrogens with zero attached hydrogens (tertiary/aromatic N) is 2. The molecule has 1 fully saturated rings. The van der Waals surface area contributed by atoms with Crippen LogP contribution < -0.4 is 5.32 Å². The molecule has 0 aromatic heterocycles. The van der Waals surface area contributed by atoms with E-state index in [2.05, 4.69) is 43.5 Å². The summed E-state index contributed by atoms with van der Waals surface area (Å²) in [5, 5.41) is 3.03. The highest BCUT2D eigenvalue weighted by molar-refractivity contribution is 6.10. The van der Waals surface area contributed by atoms with E-state index < -0.39 is 0 Å². The molecule has 1 atom stereocenters. The van der Waals surface area contributed by atoms with Crippen molar-refractivity contribution in [3.63, 3.8) is 0 Å². The number of nitrogens with one attached hydrogen (secondary N) is 1. The smallest absolute Gasteiger partial charge is 0.126 e. The van der Waals surface area contributed by atoms with Gasteiger partial charge in [0.05, 0.1) is 11.8 Å². The van der Waals surface area contributed by atoms with Gasteiger partial charge in [-0.2, -0.15) is 0 Å². The molecular weight excluding hydrogens is 397 g/mol. The molecule has 1 saturated carbocycles. The first kappa shape index (κ1) is 25.5. The fraction of sp³-hybridized carbons (Fsp3) is 0.429. The van der Waals surface area contributed by atoms with E-state index in [-0.39, 0.29) is 11.7 Å². The Bertz CT molecular complexity index is 871. The number of rotatable bonds is 11. The molecule has 1 N–H and O–H groups in total. The first-order valence-electron chi connectivity index (χ1n) is 11.7. The minimum Gasteiger partial charge on any atom is -0.368 e. The number of aliphatic imine (C=N–C) groups is 2. The lowest BCUT2D eigenvalue weighted by Crippen LogP contribution is -2.14. The largest absolute Gasteiger partial charge is 0.368 e. The van der Waals surface area contributed by atoms with Crippen molar-refractivity contribution >= 4 is 12.4 Å². The van der Waals surface area contributed by atoms with Crippen molar-refractivity contribution in [2.24, 2.45) is 15.9 Å². The highest BCUT2D eigenvalue weighted by atomic mass is 19.1. The van der Waals surface area contributed by atoms with Crippen molar-refractivity contribution < 1.29 is 4.39 Å². The molecule has 0 bridgehead atoms. The van der Waals surface area contributed by atoms with Crippen LogP contribution in [0.25, 0.3) is 0 Å². The molecule has 32 heavy (non-hydrogen) atoms. The van der Waals surface area contributed by atoms with Crippen LogP contribution in [0.4, 0.5) is 4.39 Å². The van der Waals surface area contributed by atoms with Crippen LogP contribution in [0.5, 0.6) is 0 Å². The van der Waals surface area contributed by atoms with E-state index in [4.69, 9.17) is 4.99 Å². The quantitative estimate of drug-likeness (QED) is 0.285. The second kappa shape index (κ2) is 13.6. The van der Waals surface area contributed by atoms with E-state index in [0.717, 1.165) is 36.1 Å². The van der Waals surface area contributed by atoms with Crippen LogP contribution in [0, 0.1) is 18.7 Å². The topological polar surface area (TPSA) is 36.8 Å². The summed E-state index contributed by atoms with van der Waals surface area (Å²) in [6.07, 6.45) is 18.2. The molecule has 1 aromatic rings. The Hall–Kier alpha value is -2.75. The Balaban J connectivity index is 2.55. The maximum absolute atomic E-state index is 14.4. The average molecular weight is 436 g/mol. The zero-order chi connectivity index (χ0) is 23.3. The molecule has 1 unspecified atom stereocenters. The van der Waals surface area contributed by atoms with Gasteiger partial charge in [0, 0.05) is 18.3 Å². The maximum Gasteiger partial charge on any atom is 0.126 e. The molecule has 0 heterocycles. The Kier molecular flexibility index (Phi) is 10.9. The third-order valence-electron chi connectivity index (χ3n) is 5.74. The van der Waals surface area contributed by atoms with Gasteiger partial charge in [-0.1, -0.05) is 57.9 Å². The maximum atomic E-state index is 14.4. The Morgan fingerprint density at radius 3 is 2.59 bits per heavy atom. The fourth-order valence-electron chi connectivity index (χ4n) is 4.04. The average Bonchev–Trinajstić information content (AvgIpc) is 2.77. The van der Waals surface area contributed by atoms with Crippen molar-refractivity contribution in [3.05, 3.63) is 84.1 Å². The van der Waals surface area contributed by atoms with Crippen molar-refractivity contribution in [2.45, 2.75) is 71.3 Å². The standard InChI is InChI=1S/C28H38FN3/c1-6-31-17-14-24(28(15-16-30-5)32-26-10-8-7-9-11-26)19-25(18-21(2)3)23-13-12-22(4)27(29)20-23/h6,12-17,19-21,25-26,31H,1,5,7-11,18H2,2-4H3/b16-15-,17-14-,24-19+,32-28-. The van der Waals surface area contributed by atoms with E-state index in [1.165, 1.54) is 19.3 Å². The van der Waals surface area contributed by atoms with E-state index in [0.29, 0.717) is 17.5 Å². The van der Waals surface area contributed by atoms with Gasteiger partial charge in [0.25, 0.3) is 0 Å². The zero-order valence-electron chi connectivity index (χ0n) is 19.9. The van der Waals surface area contributed by atoms with Gasteiger partial charge >= 0.3 is 0 Å². The normalized spacial score (nSPS) is 17.3. The summed E-state index contributed by atoms with van der Waals surface area (Å²) in [6, 6.07) is 5.88. The summed E-state index contributed by atoms with van der Waals surface area (Å²) in [7, 11) is 0. The third kappa shape index (κ3) is 8.41. The minimum atomic E-state index is -0.165. The summed E-state index contributed by atoms with van der Waals surface area (Å²) in [4.78, 5) is 9.01. The summed E-state index contributed by atoms with van der Waals surface area (Å²) in [5.41, 5.74) is 3.51.